The molecule has 1 aliphatic rings. The minimum atomic E-state index is -0.0800. The van der Waals surface area contributed by atoms with E-state index < -0.39 is 0 Å². The quantitative estimate of drug-likeness (QED) is 0.384. The maximum atomic E-state index is 12.4. The average molecular weight is 450 g/mol. The first-order chi connectivity index (χ1) is 16.1. The fraction of sp³-hybridized carbons (Fsp3) is 0.423. The molecule has 0 saturated carbocycles. The van der Waals surface area contributed by atoms with Crippen LogP contribution in [0.25, 0.3) is 0 Å². The van der Waals surface area contributed by atoms with Crippen molar-refractivity contribution in [1.29, 1.82) is 0 Å². The second-order valence-corrected chi connectivity index (χ2v) is 8.32. The van der Waals surface area contributed by atoms with Crippen molar-refractivity contribution in [2.45, 2.75) is 26.2 Å². The van der Waals surface area contributed by atoms with Crippen LogP contribution in [0.15, 0.2) is 59.6 Å². The number of hydrogen-bond donors (Lipinski definition) is 3. The Hall–Kier alpha value is -3.35. The van der Waals surface area contributed by atoms with Crippen molar-refractivity contribution in [3.63, 3.8) is 0 Å². The van der Waals surface area contributed by atoms with E-state index in [0.29, 0.717) is 25.1 Å². The van der Waals surface area contributed by atoms with Crippen LogP contribution >= 0.6 is 0 Å². The van der Waals surface area contributed by atoms with Crippen molar-refractivity contribution in [2.24, 2.45) is 10.9 Å². The second-order valence-electron chi connectivity index (χ2n) is 8.32. The standard InChI is InChI=1S/C26H35N5O2/c1-3-28-26(29-14-12-21-10-7-11-23(16-21)25(33)27-2)30-18-22-17-24(32)31(19-22)15-13-20-8-5-4-6-9-20/h4-11,16,22H,3,12-15,17-19H2,1-2H3,(H,27,33)(H2,28,29,30). The summed E-state index contributed by atoms with van der Waals surface area (Å²) in [6.45, 7) is 5.65. The van der Waals surface area contributed by atoms with E-state index in [1.54, 1.807) is 7.05 Å². The molecule has 7 heteroatoms. The number of benzene rings is 2. The third kappa shape index (κ3) is 7.63. The lowest BCUT2D eigenvalue weighted by Crippen LogP contribution is -2.38. The van der Waals surface area contributed by atoms with Gasteiger partial charge in [0.1, 0.15) is 0 Å². The first kappa shape index (κ1) is 24.3. The normalized spacial score (nSPS) is 16.1. The number of amides is 2. The smallest absolute Gasteiger partial charge is 0.251 e. The van der Waals surface area contributed by atoms with Gasteiger partial charge in [-0.15, -0.1) is 0 Å². The van der Waals surface area contributed by atoms with Crippen LogP contribution in [-0.2, 0) is 17.6 Å². The van der Waals surface area contributed by atoms with Crippen LogP contribution in [-0.4, -0.2) is 62.4 Å². The predicted octanol–water partition coefficient (Wildman–Crippen LogP) is 2.23. The molecule has 1 heterocycles. The Balaban J connectivity index is 1.46. The SMILES string of the molecule is CCNC(=NCC1CC(=O)N(CCc2ccccc2)C1)NCCc1cccc(C(=O)NC)c1. The van der Waals surface area contributed by atoms with Crippen LogP contribution in [0.2, 0.25) is 0 Å². The maximum absolute atomic E-state index is 12.4. The highest BCUT2D eigenvalue weighted by molar-refractivity contribution is 5.94. The Kier molecular flexibility index (Phi) is 9.30. The Labute approximate surface area is 196 Å². The van der Waals surface area contributed by atoms with Gasteiger partial charge >= 0.3 is 0 Å². The zero-order valence-electron chi connectivity index (χ0n) is 19.6. The Morgan fingerprint density at radius 1 is 1.06 bits per heavy atom. The molecule has 1 atom stereocenters. The Morgan fingerprint density at radius 2 is 1.85 bits per heavy atom. The van der Waals surface area contributed by atoms with E-state index >= 15 is 0 Å². The highest BCUT2D eigenvalue weighted by atomic mass is 16.2. The van der Waals surface area contributed by atoms with Crippen LogP contribution in [0.3, 0.4) is 0 Å². The molecule has 33 heavy (non-hydrogen) atoms. The van der Waals surface area contributed by atoms with Gasteiger partial charge in [0.05, 0.1) is 0 Å². The topological polar surface area (TPSA) is 85.8 Å². The zero-order valence-corrected chi connectivity index (χ0v) is 19.6. The molecule has 0 spiro atoms. The third-order valence-corrected chi connectivity index (χ3v) is 5.78. The summed E-state index contributed by atoms with van der Waals surface area (Å²) in [7, 11) is 1.64. The molecule has 0 bridgehead atoms. The van der Waals surface area contributed by atoms with Gasteiger partial charge in [0.25, 0.3) is 5.91 Å². The van der Waals surface area contributed by atoms with Gasteiger partial charge in [-0.05, 0) is 43.0 Å². The molecule has 1 unspecified atom stereocenters. The molecule has 7 nitrogen and oxygen atoms in total. The van der Waals surface area contributed by atoms with E-state index in [1.165, 1.54) is 5.56 Å². The summed E-state index contributed by atoms with van der Waals surface area (Å²) >= 11 is 0. The van der Waals surface area contributed by atoms with Crippen LogP contribution < -0.4 is 16.0 Å². The minimum Gasteiger partial charge on any atom is -0.357 e. The molecular weight excluding hydrogens is 414 g/mol. The first-order valence-electron chi connectivity index (χ1n) is 11.7. The lowest BCUT2D eigenvalue weighted by molar-refractivity contribution is -0.127. The van der Waals surface area contributed by atoms with Gasteiger partial charge in [-0.3, -0.25) is 14.6 Å². The third-order valence-electron chi connectivity index (χ3n) is 5.78. The van der Waals surface area contributed by atoms with Gasteiger partial charge in [0.15, 0.2) is 5.96 Å². The van der Waals surface area contributed by atoms with Crippen molar-refractivity contribution in [3.8, 4) is 0 Å². The fourth-order valence-corrected chi connectivity index (χ4v) is 4.00. The summed E-state index contributed by atoms with van der Waals surface area (Å²) < 4.78 is 0. The van der Waals surface area contributed by atoms with Crippen molar-refractivity contribution in [2.75, 3.05) is 39.8 Å². The summed E-state index contributed by atoms with van der Waals surface area (Å²) in [5.41, 5.74) is 3.01. The van der Waals surface area contributed by atoms with Crippen molar-refractivity contribution >= 4 is 17.8 Å². The molecule has 2 aromatic rings. The summed E-state index contributed by atoms with van der Waals surface area (Å²) in [4.78, 5) is 30.9. The number of rotatable bonds is 10. The number of carbonyl (C=O) groups is 2. The molecule has 1 aliphatic heterocycles. The van der Waals surface area contributed by atoms with E-state index in [1.807, 2.05) is 54.3 Å². The van der Waals surface area contributed by atoms with Gasteiger partial charge in [-0.2, -0.15) is 0 Å². The van der Waals surface area contributed by atoms with Crippen LogP contribution in [0, 0.1) is 5.92 Å². The molecule has 0 aromatic heterocycles. The number of nitrogens with one attached hydrogen (secondary N) is 3. The molecule has 176 valence electrons. The number of nitrogens with zero attached hydrogens (tertiary/aromatic N) is 2. The fourth-order valence-electron chi connectivity index (χ4n) is 4.00. The monoisotopic (exact) mass is 449 g/mol. The van der Waals surface area contributed by atoms with Crippen molar-refractivity contribution in [1.82, 2.24) is 20.9 Å². The van der Waals surface area contributed by atoms with Crippen molar-refractivity contribution < 1.29 is 9.59 Å². The van der Waals surface area contributed by atoms with Gasteiger partial charge in [-0.1, -0.05) is 42.5 Å². The molecule has 3 rings (SSSR count). The number of aliphatic imine (C=N–C) groups is 1. The summed E-state index contributed by atoms with van der Waals surface area (Å²) in [5, 5.41) is 9.30. The lowest BCUT2D eigenvalue weighted by atomic mass is 10.1. The van der Waals surface area contributed by atoms with E-state index in [2.05, 4.69) is 28.1 Å². The van der Waals surface area contributed by atoms with E-state index in [0.717, 1.165) is 44.0 Å². The summed E-state index contributed by atoms with van der Waals surface area (Å²) in [6, 6.07) is 17.9. The van der Waals surface area contributed by atoms with Gasteiger partial charge in [-0.25, -0.2) is 0 Å². The molecule has 0 aliphatic carbocycles. The molecule has 2 amide bonds. The van der Waals surface area contributed by atoms with Gasteiger partial charge in [0.2, 0.25) is 5.91 Å². The summed E-state index contributed by atoms with van der Waals surface area (Å²) in [5.74, 6) is 1.15. The van der Waals surface area contributed by atoms with Crippen LogP contribution in [0.5, 0.6) is 0 Å². The Bertz CT molecular complexity index is 945. The molecular formula is C26H35N5O2. The largest absolute Gasteiger partial charge is 0.357 e. The lowest BCUT2D eigenvalue weighted by Gasteiger charge is -2.16. The van der Waals surface area contributed by atoms with E-state index in [-0.39, 0.29) is 17.7 Å². The summed E-state index contributed by atoms with van der Waals surface area (Å²) in [6.07, 6.45) is 2.22. The number of hydrogen-bond acceptors (Lipinski definition) is 3. The van der Waals surface area contributed by atoms with E-state index in [9.17, 15) is 9.59 Å². The number of carbonyl (C=O) groups excluding carboxylic acids is 2. The highest BCUT2D eigenvalue weighted by Gasteiger charge is 2.29. The molecule has 1 saturated heterocycles. The van der Waals surface area contributed by atoms with Crippen molar-refractivity contribution in [3.05, 3.63) is 71.3 Å². The van der Waals surface area contributed by atoms with Gasteiger partial charge < -0.3 is 20.9 Å². The maximum Gasteiger partial charge on any atom is 0.251 e. The van der Waals surface area contributed by atoms with Crippen LogP contribution in [0.4, 0.5) is 0 Å². The minimum absolute atomic E-state index is 0.0800. The molecule has 3 N–H and O–H groups in total. The Morgan fingerprint density at radius 3 is 2.61 bits per heavy atom. The first-order valence-corrected chi connectivity index (χ1v) is 11.7. The zero-order chi connectivity index (χ0) is 23.5. The average Bonchev–Trinajstić information content (AvgIpc) is 3.20. The molecule has 0 radical (unpaired) electrons. The molecule has 2 aromatic carbocycles. The van der Waals surface area contributed by atoms with Gasteiger partial charge in [0, 0.05) is 57.7 Å². The van der Waals surface area contributed by atoms with Crippen LogP contribution in [0.1, 0.15) is 34.8 Å². The molecule has 1 fully saturated rings. The predicted molar refractivity (Wildman–Crippen MR) is 132 cm³/mol. The second kappa shape index (κ2) is 12.6. The van der Waals surface area contributed by atoms with E-state index in [4.69, 9.17) is 4.99 Å². The highest BCUT2D eigenvalue weighted by Crippen LogP contribution is 2.18. The number of guanidine groups is 1. The number of likely N-dealkylation sites (tertiary alicyclic amines) is 1.